The number of hydrogen-bond acceptors (Lipinski definition) is 4. The van der Waals surface area contributed by atoms with Gasteiger partial charge in [0.25, 0.3) is 0 Å². The Hall–Kier alpha value is -1.00. The number of carbonyl (C=O) groups excluding carboxylic acids is 1. The van der Waals surface area contributed by atoms with Crippen molar-refractivity contribution in [3.8, 4) is 0 Å². The van der Waals surface area contributed by atoms with Gasteiger partial charge in [-0.3, -0.25) is 4.79 Å². The van der Waals surface area contributed by atoms with Gasteiger partial charge in [-0.15, -0.1) is 23.1 Å². The molecule has 0 fully saturated rings. The van der Waals surface area contributed by atoms with Crippen molar-refractivity contribution in [2.45, 2.75) is 4.21 Å². The predicted molar refractivity (Wildman–Crippen MR) is 63.4 cm³/mol. The Balaban J connectivity index is 2.73. The number of thiophene rings is 1. The van der Waals surface area contributed by atoms with Crippen LogP contribution in [-0.2, 0) is 0 Å². The van der Waals surface area contributed by atoms with Crippen LogP contribution in [0.3, 0.4) is 0 Å². The number of aldehydes is 1. The highest BCUT2D eigenvalue weighted by molar-refractivity contribution is 8.00. The van der Waals surface area contributed by atoms with Crippen molar-refractivity contribution in [2.24, 2.45) is 0 Å². The largest absolute Gasteiger partial charge is 0.397 e. The van der Waals surface area contributed by atoms with E-state index in [0.717, 1.165) is 26.3 Å². The van der Waals surface area contributed by atoms with Gasteiger partial charge in [0.05, 0.1) is 9.90 Å². The number of rotatable bonds is 2. The van der Waals surface area contributed by atoms with Crippen LogP contribution in [0, 0.1) is 0 Å². The Labute approximate surface area is 90.1 Å². The third-order valence-electron chi connectivity index (χ3n) is 2.04. The van der Waals surface area contributed by atoms with Gasteiger partial charge in [0.2, 0.25) is 0 Å². The lowest BCUT2D eigenvalue weighted by Crippen LogP contribution is -1.84. The molecule has 14 heavy (non-hydrogen) atoms. The summed E-state index contributed by atoms with van der Waals surface area (Å²) in [5.41, 5.74) is 7.42. The van der Waals surface area contributed by atoms with Gasteiger partial charge in [0.15, 0.2) is 0 Å². The zero-order chi connectivity index (χ0) is 10.1. The molecule has 1 heterocycles. The van der Waals surface area contributed by atoms with E-state index in [-0.39, 0.29) is 0 Å². The van der Waals surface area contributed by atoms with Crippen LogP contribution in [0.15, 0.2) is 22.4 Å². The van der Waals surface area contributed by atoms with Crippen LogP contribution in [-0.4, -0.2) is 12.5 Å². The SMILES string of the molecule is CSc1sc2ccc(C=O)cc2c1N. The Morgan fingerprint density at radius 1 is 1.50 bits per heavy atom. The lowest BCUT2D eigenvalue weighted by Gasteiger charge is -1.93. The van der Waals surface area contributed by atoms with Crippen molar-refractivity contribution in [1.29, 1.82) is 0 Å². The molecule has 0 aliphatic rings. The van der Waals surface area contributed by atoms with Crippen LogP contribution in [0.1, 0.15) is 10.4 Å². The number of thioether (sulfide) groups is 1. The highest BCUT2D eigenvalue weighted by Gasteiger charge is 2.08. The predicted octanol–water partition coefficient (Wildman–Crippen LogP) is 3.02. The minimum Gasteiger partial charge on any atom is -0.397 e. The number of fused-ring (bicyclic) bond motifs is 1. The monoisotopic (exact) mass is 223 g/mol. The molecular weight excluding hydrogens is 214 g/mol. The van der Waals surface area contributed by atoms with Crippen LogP contribution >= 0.6 is 23.1 Å². The molecule has 2 aromatic rings. The first-order chi connectivity index (χ1) is 6.76. The molecule has 0 aliphatic heterocycles. The third kappa shape index (κ3) is 1.40. The molecule has 1 aromatic heterocycles. The van der Waals surface area contributed by atoms with Gasteiger partial charge in [-0.1, -0.05) is 6.07 Å². The number of benzene rings is 1. The quantitative estimate of drug-likeness (QED) is 0.628. The van der Waals surface area contributed by atoms with E-state index in [1.54, 1.807) is 23.1 Å². The summed E-state index contributed by atoms with van der Waals surface area (Å²) in [6, 6.07) is 5.60. The van der Waals surface area contributed by atoms with Crippen LogP contribution < -0.4 is 5.73 Å². The van der Waals surface area contributed by atoms with Crippen molar-refractivity contribution in [3.63, 3.8) is 0 Å². The van der Waals surface area contributed by atoms with Crippen molar-refractivity contribution in [1.82, 2.24) is 0 Å². The molecule has 0 saturated heterocycles. The second-order valence-electron chi connectivity index (χ2n) is 2.88. The molecule has 2 rings (SSSR count). The van der Waals surface area contributed by atoms with E-state index in [4.69, 9.17) is 5.73 Å². The molecule has 0 atom stereocenters. The van der Waals surface area contributed by atoms with Gasteiger partial charge in [0.1, 0.15) is 6.29 Å². The third-order valence-corrected chi connectivity index (χ3v) is 4.36. The van der Waals surface area contributed by atoms with Gasteiger partial charge in [0, 0.05) is 15.6 Å². The van der Waals surface area contributed by atoms with E-state index < -0.39 is 0 Å². The highest BCUT2D eigenvalue weighted by atomic mass is 32.2. The van der Waals surface area contributed by atoms with Crippen molar-refractivity contribution < 1.29 is 4.79 Å². The molecule has 0 radical (unpaired) electrons. The second kappa shape index (κ2) is 3.63. The molecule has 1 aromatic carbocycles. The van der Waals surface area contributed by atoms with Gasteiger partial charge in [-0.25, -0.2) is 0 Å². The van der Waals surface area contributed by atoms with Crippen LogP contribution in [0.4, 0.5) is 5.69 Å². The maximum absolute atomic E-state index is 10.6. The summed E-state index contributed by atoms with van der Waals surface area (Å²) in [6.07, 6.45) is 2.84. The lowest BCUT2D eigenvalue weighted by atomic mass is 10.2. The molecular formula is C10H9NOS2. The smallest absolute Gasteiger partial charge is 0.150 e. The summed E-state index contributed by atoms with van der Waals surface area (Å²) < 4.78 is 2.25. The molecule has 2 N–H and O–H groups in total. The van der Waals surface area contributed by atoms with E-state index in [9.17, 15) is 4.79 Å². The first kappa shape index (κ1) is 9.55. The fraction of sp³-hybridized carbons (Fsp3) is 0.100. The Morgan fingerprint density at radius 2 is 2.29 bits per heavy atom. The second-order valence-corrected chi connectivity index (χ2v) is 5.01. The Bertz CT molecular complexity index is 490. The lowest BCUT2D eigenvalue weighted by molar-refractivity contribution is 0.112. The maximum Gasteiger partial charge on any atom is 0.150 e. The topological polar surface area (TPSA) is 43.1 Å². The normalized spacial score (nSPS) is 10.6. The van der Waals surface area contributed by atoms with E-state index >= 15 is 0 Å². The van der Waals surface area contributed by atoms with Gasteiger partial charge >= 0.3 is 0 Å². The number of nitrogen functional groups attached to an aromatic ring is 1. The maximum atomic E-state index is 10.6. The summed E-state index contributed by atoms with van der Waals surface area (Å²) >= 11 is 3.30. The Kier molecular flexibility index (Phi) is 2.48. The Morgan fingerprint density at radius 3 is 2.93 bits per heavy atom. The molecule has 72 valence electrons. The molecule has 2 nitrogen and oxygen atoms in total. The summed E-state index contributed by atoms with van der Waals surface area (Å²) in [5, 5.41) is 0.990. The highest BCUT2D eigenvalue weighted by Crippen LogP contribution is 2.39. The standard InChI is InChI=1S/C10H9NOS2/c1-13-10-9(11)7-4-6(5-12)2-3-8(7)14-10/h2-5H,11H2,1H3. The van der Waals surface area contributed by atoms with E-state index in [1.807, 2.05) is 24.5 Å². The van der Waals surface area contributed by atoms with Crippen LogP contribution in [0.2, 0.25) is 0 Å². The fourth-order valence-electron chi connectivity index (χ4n) is 1.34. The molecule has 0 amide bonds. The first-order valence-corrected chi connectivity index (χ1v) is 6.11. The first-order valence-electron chi connectivity index (χ1n) is 4.07. The van der Waals surface area contributed by atoms with Crippen molar-refractivity contribution >= 4 is 45.2 Å². The average Bonchev–Trinajstić information content (AvgIpc) is 2.55. The number of hydrogen-bond donors (Lipinski definition) is 1. The molecule has 0 unspecified atom stereocenters. The van der Waals surface area contributed by atoms with Crippen molar-refractivity contribution in [2.75, 3.05) is 12.0 Å². The number of nitrogens with two attached hydrogens (primary N) is 1. The fourth-order valence-corrected chi connectivity index (χ4v) is 3.10. The molecule has 0 aliphatic carbocycles. The number of carbonyl (C=O) groups is 1. The van der Waals surface area contributed by atoms with Gasteiger partial charge in [-0.05, 0) is 18.4 Å². The zero-order valence-corrected chi connectivity index (χ0v) is 9.24. The summed E-state index contributed by atoms with van der Waals surface area (Å²) in [4.78, 5) is 10.6. The van der Waals surface area contributed by atoms with Crippen LogP contribution in [0.5, 0.6) is 0 Å². The van der Waals surface area contributed by atoms with E-state index in [0.29, 0.717) is 5.56 Å². The summed E-state index contributed by atoms with van der Waals surface area (Å²) in [7, 11) is 0. The van der Waals surface area contributed by atoms with E-state index in [1.165, 1.54) is 0 Å². The van der Waals surface area contributed by atoms with Gasteiger partial charge < -0.3 is 5.73 Å². The summed E-state index contributed by atoms with van der Waals surface area (Å²) in [6.45, 7) is 0. The zero-order valence-electron chi connectivity index (χ0n) is 7.61. The molecule has 0 bridgehead atoms. The molecule has 4 heteroatoms. The van der Waals surface area contributed by atoms with E-state index in [2.05, 4.69) is 0 Å². The average molecular weight is 223 g/mol. The van der Waals surface area contributed by atoms with Crippen molar-refractivity contribution in [3.05, 3.63) is 23.8 Å². The minimum atomic E-state index is 0.676. The minimum absolute atomic E-state index is 0.676. The number of anilines is 1. The molecule has 0 saturated carbocycles. The van der Waals surface area contributed by atoms with Gasteiger partial charge in [-0.2, -0.15) is 0 Å². The van der Waals surface area contributed by atoms with Crippen LogP contribution in [0.25, 0.3) is 10.1 Å². The molecule has 0 spiro atoms. The summed E-state index contributed by atoms with van der Waals surface area (Å²) in [5.74, 6) is 0.